The first-order chi connectivity index (χ1) is 24.7. The van der Waals surface area contributed by atoms with Crippen molar-refractivity contribution in [3.05, 3.63) is 82.6 Å². The van der Waals surface area contributed by atoms with Gasteiger partial charge >= 0.3 is 18.3 Å². The molecule has 0 spiro atoms. The summed E-state index contributed by atoms with van der Waals surface area (Å²) in [6.45, 7) is 3.78. The van der Waals surface area contributed by atoms with E-state index in [-0.39, 0.29) is 48.3 Å². The second kappa shape index (κ2) is 18.5. The van der Waals surface area contributed by atoms with E-state index in [9.17, 15) is 31.1 Å². The molecule has 1 saturated carbocycles. The highest BCUT2D eigenvalue weighted by Crippen LogP contribution is 2.39. The Morgan fingerprint density at radius 1 is 0.846 bits per heavy atom. The molecule has 0 radical (unpaired) electrons. The smallest absolute Gasteiger partial charge is 0.417 e. The molecule has 5 rings (SSSR count). The van der Waals surface area contributed by atoms with E-state index in [0.29, 0.717) is 46.6 Å². The Hall–Kier alpha value is -3.48. The van der Waals surface area contributed by atoms with E-state index in [1.165, 1.54) is 37.4 Å². The molecule has 3 atom stereocenters. The van der Waals surface area contributed by atoms with Crippen LogP contribution >= 0.6 is 22.6 Å². The number of hydrogen-bond donors (Lipinski definition) is 1. The van der Waals surface area contributed by atoms with Crippen LogP contribution in [0.1, 0.15) is 73.6 Å². The molecule has 0 bridgehead atoms. The Balaban J connectivity index is 0.000000269. The molecule has 52 heavy (non-hydrogen) atoms. The number of carboxylic acids is 1. The summed E-state index contributed by atoms with van der Waals surface area (Å²) in [7, 11) is 1.32. The molecule has 1 aliphatic carbocycles. The topological polar surface area (TPSA) is 117 Å². The molecule has 0 amide bonds. The van der Waals surface area contributed by atoms with Gasteiger partial charge in [0.1, 0.15) is 17.2 Å². The fraction of sp³-hybridized carbons (Fsp3) is 0.472. The van der Waals surface area contributed by atoms with Crippen molar-refractivity contribution >= 4 is 28.6 Å². The normalized spacial score (nSPS) is 17.0. The Kier molecular flexibility index (Phi) is 14.7. The highest BCUT2D eigenvalue weighted by atomic mass is 127. The minimum Gasteiger partial charge on any atom is -0.479 e. The zero-order valence-corrected chi connectivity index (χ0v) is 30.8. The molecule has 284 valence electrons. The average molecular weight is 853 g/mol. The minimum absolute atomic E-state index is 0.0131. The summed E-state index contributed by atoms with van der Waals surface area (Å²) in [5, 5.41) is 9.05. The second-order valence-electron chi connectivity index (χ2n) is 11.8. The van der Waals surface area contributed by atoms with Crippen molar-refractivity contribution in [2.24, 2.45) is 0 Å². The number of halogens is 7. The number of alkyl halides is 7. The van der Waals surface area contributed by atoms with Crippen LogP contribution in [0.5, 0.6) is 0 Å². The van der Waals surface area contributed by atoms with Gasteiger partial charge in [-0.15, -0.1) is 0 Å². The zero-order chi connectivity index (χ0) is 38.1. The number of carbonyl (C=O) groups is 1. The highest BCUT2D eigenvalue weighted by molar-refractivity contribution is 14.1. The van der Waals surface area contributed by atoms with Gasteiger partial charge in [0.25, 0.3) is 0 Å². The van der Waals surface area contributed by atoms with Crippen molar-refractivity contribution in [1.82, 2.24) is 9.97 Å². The van der Waals surface area contributed by atoms with E-state index >= 15 is 0 Å². The summed E-state index contributed by atoms with van der Waals surface area (Å²) in [5.41, 5.74) is -0.472. The van der Waals surface area contributed by atoms with Crippen LogP contribution in [0.25, 0.3) is 22.9 Å². The van der Waals surface area contributed by atoms with Gasteiger partial charge in [0.15, 0.2) is 6.10 Å². The van der Waals surface area contributed by atoms with Gasteiger partial charge in [-0.1, -0.05) is 60.7 Å². The van der Waals surface area contributed by atoms with Gasteiger partial charge in [0.05, 0.1) is 42.2 Å². The summed E-state index contributed by atoms with van der Waals surface area (Å²) in [4.78, 5) is 19.5. The van der Waals surface area contributed by atoms with E-state index in [0.717, 1.165) is 31.4 Å². The maximum atomic E-state index is 13.4. The van der Waals surface area contributed by atoms with E-state index in [1.807, 2.05) is 13.8 Å². The highest BCUT2D eigenvalue weighted by Gasteiger charge is 2.36. The van der Waals surface area contributed by atoms with Crippen molar-refractivity contribution in [2.45, 2.75) is 94.1 Å². The summed E-state index contributed by atoms with van der Waals surface area (Å²) in [6.07, 6.45) is -6.15. The van der Waals surface area contributed by atoms with Crippen molar-refractivity contribution in [1.29, 1.82) is 0 Å². The molecule has 2 aromatic carbocycles. The van der Waals surface area contributed by atoms with Crippen LogP contribution < -0.4 is 0 Å². The van der Waals surface area contributed by atoms with Crippen LogP contribution in [0.3, 0.4) is 0 Å². The molecule has 4 aromatic rings. The number of aliphatic carboxylic acids is 1. The van der Waals surface area contributed by atoms with E-state index < -0.39 is 35.6 Å². The maximum absolute atomic E-state index is 13.4. The van der Waals surface area contributed by atoms with Gasteiger partial charge < -0.3 is 28.2 Å². The lowest BCUT2D eigenvalue weighted by Gasteiger charge is -2.29. The first-order valence-electron chi connectivity index (χ1n) is 16.5. The van der Waals surface area contributed by atoms with Gasteiger partial charge in [-0.2, -0.15) is 26.3 Å². The Morgan fingerprint density at radius 2 is 1.33 bits per heavy atom. The quantitative estimate of drug-likeness (QED) is 0.0798. The molecule has 16 heteroatoms. The Bertz CT molecular complexity index is 1740. The first-order valence-corrected chi connectivity index (χ1v) is 18.1. The lowest BCUT2D eigenvalue weighted by atomic mass is 9.95. The van der Waals surface area contributed by atoms with Crippen LogP contribution in [0.15, 0.2) is 57.4 Å². The monoisotopic (exact) mass is 852 g/mol. The lowest BCUT2D eigenvalue weighted by Crippen LogP contribution is -2.34. The largest absolute Gasteiger partial charge is 0.479 e. The second-order valence-corrected chi connectivity index (χ2v) is 12.6. The summed E-state index contributed by atoms with van der Waals surface area (Å²) >= 11 is 2.12. The molecule has 0 saturated heterocycles. The molecule has 2 heterocycles. The molecule has 1 fully saturated rings. The number of methoxy groups -OCH3 is 1. The van der Waals surface area contributed by atoms with Crippen molar-refractivity contribution in [3.8, 4) is 22.9 Å². The van der Waals surface area contributed by atoms with Crippen molar-refractivity contribution in [3.63, 3.8) is 0 Å². The van der Waals surface area contributed by atoms with Gasteiger partial charge in [0, 0.05) is 35.5 Å². The van der Waals surface area contributed by atoms with E-state index in [2.05, 4.69) is 32.6 Å². The lowest BCUT2D eigenvalue weighted by molar-refractivity contribution is -0.155. The summed E-state index contributed by atoms with van der Waals surface area (Å²) in [6, 6.07) is 10.5. The van der Waals surface area contributed by atoms with Crippen LogP contribution in [0.4, 0.5) is 26.3 Å². The molecule has 2 aromatic heterocycles. The third-order valence-corrected chi connectivity index (χ3v) is 9.05. The van der Waals surface area contributed by atoms with Crippen LogP contribution in [0.2, 0.25) is 0 Å². The number of rotatable bonds is 13. The molecule has 1 unspecified atom stereocenters. The summed E-state index contributed by atoms with van der Waals surface area (Å²) < 4.78 is 107. The molecule has 0 aliphatic heterocycles. The van der Waals surface area contributed by atoms with Gasteiger partial charge in [-0.05, 0) is 49.9 Å². The van der Waals surface area contributed by atoms with Crippen LogP contribution in [-0.2, 0) is 55.2 Å². The number of aromatic nitrogens is 2. The Morgan fingerprint density at radius 3 is 1.77 bits per heavy atom. The van der Waals surface area contributed by atoms with Crippen molar-refractivity contribution < 1.29 is 59.3 Å². The SMILES string of the molecule is CCc1oc(-c2ccccc2C(F)(F)F)nc1CI.CCc1oc(-c2ccccc2C(F)(F)F)nc1CO[C@H]1CCC[C@@H](OCC(OC)C(=O)O)C1. The minimum atomic E-state index is -4.52. The fourth-order valence-corrected chi connectivity index (χ4v) is 6.26. The predicted octanol–water partition coefficient (Wildman–Crippen LogP) is 9.72. The molecule has 9 nitrogen and oxygen atoms in total. The standard InChI is InChI=1S/C23H28F3NO6.C13H11F3INO/c1-3-19-18(27-21(33-19)16-9-4-5-10-17(16)23(24,25)26)12-31-14-7-6-8-15(11-14)32-13-20(30-2)22(28)29;1-2-11-10(7-17)18-12(19-11)8-5-3-4-6-9(8)13(14,15)16/h4-5,9-10,14-15,20H,3,6-8,11-13H2,1-2H3,(H,28,29);3-6H,2,7H2,1H3/t14-,15+,20?;/m0./s1. The molecule has 1 N–H and O–H groups in total. The van der Waals surface area contributed by atoms with Gasteiger partial charge in [-0.25, -0.2) is 14.8 Å². The van der Waals surface area contributed by atoms with Crippen LogP contribution in [0, 0.1) is 0 Å². The van der Waals surface area contributed by atoms with E-state index in [1.54, 1.807) is 6.07 Å². The summed E-state index contributed by atoms with van der Waals surface area (Å²) in [5.74, 6) is -0.00237. The third kappa shape index (κ3) is 10.8. The average Bonchev–Trinajstić information content (AvgIpc) is 3.75. The van der Waals surface area contributed by atoms with E-state index in [4.69, 9.17) is 28.2 Å². The number of aryl methyl sites for hydroxylation is 2. The molecular weight excluding hydrogens is 813 g/mol. The number of hydrogen-bond acceptors (Lipinski definition) is 8. The fourth-order valence-electron chi connectivity index (χ4n) is 5.67. The molecule has 1 aliphatic rings. The number of oxazole rings is 2. The molecular formula is C36H39F6IN2O7. The zero-order valence-electron chi connectivity index (χ0n) is 28.7. The third-order valence-electron chi connectivity index (χ3n) is 8.33. The maximum Gasteiger partial charge on any atom is 0.417 e. The van der Waals surface area contributed by atoms with Gasteiger partial charge in [0.2, 0.25) is 11.8 Å². The van der Waals surface area contributed by atoms with Crippen molar-refractivity contribution in [2.75, 3.05) is 13.7 Å². The first kappa shape index (κ1) is 41.3. The predicted molar refractivity (Wildman–Crippen MR) is 186 cm³/mol. The number of carboxylic acid groups (broad SMARTS) is 1. The van der Waals surface area contributed by atoms with Gasteiger partial charge in [-0.3, -0.25) is 0 Å². The Labute approximate surface area is 310 Å². The van der Waals surface area contributed by atoms with Crippen LogP contribution in [-0.4, -0.2) is 53.1 Å². The number of nitrogens with zero attached hydrogens (tertiary/aromatic N) is 2. The number of ether oxygens (including phenoxy) is 3. The number of benzene rings is 2.